The van der Waals surface area contributed by atoms with Gasteiger partial charge in [0.15, 0.2) is 11.2 Å². The molecule has 128 valence electrons. The van der Waals surface area contributed by atoms with E-state index in [4.69, 9.17) is 19.6 Å². The fourth-order valence-corrected chi connectivity index (χ4v) is 2.27. The standard InChI is InChI=1S/C18H15NO6.Na/c19-11-4-6-12(7-5-11)23-8-9-24-14-2-1-3-15-17(14)13(20)10-16(25-15)18(21)22;/h1-7,10H,8-9,19H2,(H,21,22);/q;+1/p-1. The monoisotopic (exact) mass is 363 g/mol. The van der Waals surface area contributed by atoms with Crippen LogP contribution in [-0.4, -0.2) is 19.2 Å². The molecule has 0 fully saturated rings. The van der Waals surface area contributed by atoms with Gasteiger partial charge in [0.25, 0.3) is 0 Å². The van der Waals surface area contributed by atoms with Crippen molar-refractivity contribution in [2.75, 3.05) is 18.9 Å². The maximum absolute atomic E-state index is 12.1. The van der Waals surface area contributed by atoms with Gasteiger partial charge in [0, 0.05) is 11.8 Å². The number of ether oxygens (including phenoxy) is 2. The average Bonchev–Trinajstić information content (AvgIpc) is 2.60. The van der Waals surface area contributed by atoms with E-state index in [1.54, 1.807) is 36.4 Å². The second-order valence-corrected chi connectivity index (χ2v) is 5.16. The Bertz CT molecular complexity index is 968. The van der Waals surface area contributed by atoms with E-state index >= 15 is 0 Å². The molecule has 2 aromatic carbocycles. The molecule has 0 aliphatic rings. The molecule has 0 bridgehead atoms. The molecule has 0 spiro atoms. The number of carbonyl (C=O) groups is 1. The molecule has 3 aromatic rings. The topological polar surface area (TPSA) is 115 Å². The van der Waals surface area contributed by atoms with Crippen molar-refractivity contribution >= 4 is 22.6 Å². The van der Waals surface area contributed by atoms with Crippen LogP contribution in [0.1, 0.15) is 10.6 Å². The molecule has 0 unspecified atom stereocenters. The Morgan fingerprint density at radius 1 is 1.08 bits per heavy atom. The second-order valence-electron chi connectivity index (χ2n) is 5.16. The van der Waals surface area contributed by atoms with Gasteiger partial charge in [-0.05, 0) is 36.4 Å². The SMILES string of the molecule is Nc1ccc(OCCOc2cccc3oc(C(=O)[O-])cc(=O)c23)cc1.[Na+]. The number of hydrogen-bond donors (Lipinski definition) is 1. The first-order chi connectivity index (χ1) is 12.0. The van der Waals surface area contributed by atoms with Crippen molar-refractivity contribution in [2.24, 2.45) is 0 Å². The molecule has 0 aliphatic carbocycles. The molecule has 8 heteroatoms. The minimum Gasteiger partial charge on any atom is -0.542 e. The van der Waals surface area contributed by atoms with Crippen LogP contribution in [0.4, 0.5) is 5.69 Å². The van der Waals surface area contributed by atoms with Gasteiger partial charge in [-0.25, -0.2) is 0 Å². The van der Waals surface area contributed by atoms with Gasteiger partial charge in [0.2, 0.25) is 0 Å². The third kappa shape index (κ3) is 4.57. The summed E-state index contributed by atoms with van der Waals surface area (Å²) < 4.78 is 16.2. The van der Waals surface area contributed by atoms with E-state index in [-0.39, 0.29) is 59.5 Å². The summed E-state index contributed by atoms with van der Waals surface area (Å²) in [6, 6.07) is 12.5. The molecule has 0 radical (unpaired) electrons. The fraction of sp³-hybridized carbons (Fsp3) is 0.111. The Labute approximate surface area is 170 Å². The smallest absolute Gasteiger partial charge is 0.542 e. The summed E-state index contributed by atoms with van der Waals surface area (Å²) in [4.78, 5) is 23.0. The van der Waals surface area contributed by atoms with E-state index in [0.717, 1.165) is 6.07 Å². The molecule has 0 saturated carbocycles. The van der Waals surface area contributed by atoms with Crippen LogP contribution in [0, 0.1) is 0 Å². The first kappa shape index (κ1) is 19.8. The summed E-state index contributed by atoms with van der Waals surface area (Å²) in [5, 5.41) is 11.0. The number of fused-ring (bicyclic) bond motifs is 1. The van der Waals surface area contributed by atoms with Crippen LogP contribution in [-0.2, 0) is 0 Å². The first-order valence-corrected chi connectivity index (χ1v) is 7.44. The van der Waals surface area contributed by atoms with Gasteiger partial charge in [-0.2, -0.15) is 0 Å². The molecule has 26 heavy (non-hydrogen) atoms. The Kier molecular flexibility index (Phi) is 6.68. The van der Waals surface area contributed by atoms with Crippen molar-refractivity contribution < 1.29 is 53.3 Å². The number of hydrogen-bond acceptors (Lipinski definition) is 7. The maximum Gasteiger partial charge on any atom is 1.00 e. The van der Waals surface area contributed by atoms with Crippen LogP contribution >= 0.6 is 0 Å². The molecular formula is C18H14NNaO6. The van der Waals surface area contributed by atoms with Crippen molar-refractivity contribution in [1.29, 1.82) is 0 Å². The molecular weight excluding hydrogens is 349 g/mol. The summed E-state index contributed by atoms with van der Waals surface area (Å²) >= 11 is 0. The maximum atomic E-state index is 12.1. The Morgan fingerprint density at radius 2 is 1.77 bits per heavy atom. The third-order valence-electron chi connectivity index (χ3n) is 3.41. The van der Waals surface area contributed by atoms with Crippen LogP contribution in [0.3, 0.4) is 0 Å². The zero-order valence-corrected chi connectivity index (χ0v) is 16.1. The van der Waals surface area contributed by atoms with Crippen molar-refractivity contribution in [3.05, 3.63) is 64.5 Å². The van der Waals surface area contributed by atoms with E-state index in [1.807, 2.05) is 0 Å². The van der Waals surface area contributed by atoms with Gasteiger partial charge in [-0.3, -0.25) is 4.79 Å². The summed E-state index contributed by atoms with van der Waals surface area (Å²) in [6.45, 7) is 0.438. The number of aromatic carboxylic acids is 1. The largest absolute Gasteiger partial charge is 1.00 e. The zero-order valence-electron chi connectivity index (χ0n) is 14.1. The Hall–Kier alpha value is -2.48. The van der Waals surface area contributed by atoms with Crippen LogP contribution in [0.5, 0.6) is 11.5 Å². The Morgan fingerprint density at radius 3 is 2.46 bits per heavy atom. The summed E-state index contributed by atoms with van der Waals surface area (Å²) in [7, 11) is 0. The van der Waals surface area contributed by atoms with Crippen LogP contribution in [0.25, 0.3) is 11.0 Å². The van der Waals surface area contributed by atoms with Gasteiger partial charge in [0.1, 0.15) is 41.7 Å². The molecule has 3 rings (SSSR count). The second kappa shape index (κ2) is 8.75. The van der Waals surface area contributed by atoms with Crippen molar-refractivity contribution in [2.45, 2.75) is 0 Å². The molecule has 0 aliphatic heterocycles. The minimum absolute atomic E-state index is 0. The molecule has 1 aromatic heterocycles. The van der Waals surface area contributed by atoms with E-state index in [9.17, 15) is 14.7 Å². The van der Waals surface area contributed by atoms with Gasteiger partial charge in [-0.15, -0.1) is 0 Å². The van der Waals surface area contributed by atoms with Gasteiger partial charge in [-0.1, -0.05) is 6.07 Å². The first-order valence-electron chi connectivity index (χ1n) is 7.44. The number of nitrogen functional groups attached to an aromatic ring is 1. The van der Waals surface area contributed by atoms with Crippen molar-refractivity contribution in [3.8, 4) is 11.5 Å². The van der Waals surface area contributed by atoms with Gasteiger partial charge < -0.3 is 29.5 Å². The van der Waals surface area contributed by atoms with E-state index in [1.165, 1.54) is 6.07 Å². The summed E-state index contributed by atoms with van der Waals surface area (Å²) in [5.74, 6) is -1.14. The van der Waals surface area contributed by atoms with Crippen LogP contribution in [0.2, 0.25) is 0 Å². The molecule has 0 amide bonds. The molecule has 0 saturated heterocycles. The quantitative estimate of drug-likeness (QED) is 0.312. The number of carboxylic acids is 1. The number of benzene rings is 2. The van der Waals surface area contributed by atoms with Gasteiger partial charge in [0.05, 0.1) is 0 Å². The molecule has 1 heterocycles. The molecule has 0 atom stereocenters. The molecule has 7 nitrogen and oxygen atoms in total. The van der Waals surface area contributed by atoms with Gasteiger partial charge >= 0.3 is 29.6 Å². The predicted molar refractivity (Wildman–Crippen MR) is 88.7 cm³/mol. The number of rotatable bonds is 6. The fourth-order valence-electron chi connectivity index (χ4n) is 2.27. The number of anilines is 1. The summed E-state index contributed by atoms with van der Waals surface area (Å²) in [5.41, 5.74) is 5.83. The molecule has 2 N–H and O–H groups in total. The number of carbonyl (C=O) groups excluding carboxylic acids is 1. The van der Waals surface area contributed by atoms with E-state index < -0.39 is 17.2 Å². The average molecular weight is 363 g/mol. The van der Waals surface area contributed by atoms with Crippen LogP contribution < -0.4 is 55.3 Å². The summed E-state index contributed by atoms with van der Waals surface area (Å²) in [6.07, 6.45) is 0. The normalized spacial score (nSPS) is 10.2. The van der Waals surface area contributed by atoms with Crippen molar-refractivity contribution in [1.82, 2.24) is 0 Å². The zero-order chi connectivity index (χ0) is 17.8. The number of carboxylic acid groups (broad SMARTS) is 1. The number of nitrogens with two attached hydrogens (primary N) is 1. The minimum atomic E-state index is -1.55. The van der Waals surface area contributed by atoms with E-state index in [2.05, 4.69) is 0 Å². The van der Waals surface area contributed by atoms with Crippen LogP contribution in [0.15, 0.2) is 57.7 Å². The van der Waals surface area contributed by atoms with E-state index in [0.29, 0.717) is 11.4 Å². The predicted octanol–water partition coefficient (Wildman–Crippen LogP) is -1.80. The Balaban J connectivity index is 0.00000243. The van der Waals surface area contributed by atoms with Crippen molar-refractivity contribution in [3.63, 3.8) is 0 Å². The third-order valence-corrected chi connectivity index (χ3v) is 3.41.